The molecule has 1 aromatic rings. The molecule has 1 aromatic heterocycles. The molecule has 0 atom stereocenters. The first-order valence-electron chi connectivity index (χ1n) is 5.31. The number of hydrogen-bond acceptors (Lipinski definition) is 1. The minimum atomic E-state index is 0.492. The third kappa shape index (κ3) is 1.03. The van der Waals surface area contributed by atoms with Gasteiger partial charge in [0.25, 0.3) is 0 Å². The molecular weight excluding hydrogens is 158 g/mol. The summed E-state index contributed by atoms with van der Waals surface area (Å²) < 4.78 is 0. The summed E-state index contributed by atoms with van der Waals surface area (Å²) in [6.07, 6.45) is 9.00. The number of fused-ring (bicyclic) bond motifs is 2. The Bertz CT molecular complexity index is 296. The predicted octanol–water partition coefficient (Wildman–Crippen LogP) is 2.91. The Hall–Kier alpha value is -0.850. The Morgan fingerprint density at radius 2 is 2.08 bits per heavy atom. The van der Waals surface area contributed by atoms with Gasteiger partial charge in [0.1, 0.15) is 0 Å². The van der Waals surface area contributed by atoms with Gasteiger partial charge in [-0.2, -0.15) is 0 Å². The van der Waals surface area contributed by atoms with Gasteiger partial charge in [0.2, 0.25) is 0 Å². The molecule has 0 amide bonds. The highest BCUT2D eigenvalue weighted by atomic mass is 14.7. The van der Waals surface area contributed by atoms with Crippen LogP contribution in [0.3, 0.4) is 0 Å². The van der Waals surface area contributed by atoms with Crippen molar-refractivity contribution in [1.82, 2.24) is 4.98 Å². The number of rotatable bonds is 1. The summed E-state index contributed by atoms with van der Waals surface area (Å²) in [5.74, 6) is 1.02. The second-order valence-corrected chi connectivity index (χ2v) is 4.64. The molecule has 0 spiro atoms. The number of nitrogens with zero attached hydrogens (tertiary/aromatic N) is 1. The van der Waals surface area contributed by atoms with E-state index >= 15 is 0 Å². The molecular formula is C12H15N. The molecule has 0 N–H and O–H groups in total. The highest BCUT2D eigenvalue weighted by molar-refractivity contribution is 5.21. The number of aromatic nitrogens is 1. The zero-order chi connectivity index (χ0) is 8.73. The zero-order valence-corrected chi connectivity index (χ0v) is 7.87. The summed E-state index contributed by atoms with van der Waals surface area (Å²) in [6, 6.07) is 6.36. The third-order valence-corrected chi connectivity index (χ3v) is 3.95. The Morgan fingerprint density at radius 1 is 1.23 bits per heavy atom. The van der Waals surface area contributed by atoms with Gasteiger partial charge in [0.15, 0.2) is 0 Å². The lowest BCUT2D eigenvalue weighted by Gasteiger charge is -2.25. The molecule has 2 fully saturated rings. The molecule has 2 bridgehead atoms. The molecule has 0 unspecified atom stereocenters. The summed E-state index contributed by atoms with van der Waals surface area (Å²) in [7, 11) is 0. The van der Waals surface area contributed by atoms with Crippen LogP contribution >= 0.6 is 0 Å². The average molecular weight is 173 g/mol. The van der Waals surface area contributed by atoms with Crippen molar-refractivity contribution in [3.8, 4) is 0 Å². The molecule has 68 valence electrons. The summed E-state index contributed by atoms with van der Waals surface area (Å²) in [5, 5.41) is 0. The summed E-state index contributed by atoms with van der Waals surface area (Å²) >= 11 is 0. The van der Waals surface area contributed by atoms with E-state index in [1.165, 1.54) is 37.8 Å². The molecule has 0 radical (unpaired) electrons. The van der Waals surface area contributed by atoms with Gasteiger partial charge in [-0.1, -0.05) is 6.07 Å². The lowest BCUT2D eigenvalue weighted by atomic mass is 9.81. The summed E-state index contributed by atoms with van der Waals surface area (Å²) in [5.41, 5.74) is 1.85. The van der Waals surface area contributed by atoms with Crippen LogP contribution < -0.4 is 0 Å². The third-order valence-electron chi connectivity index (χ3n) is 3.95. The van der Waals surface area contributed by atoms with Crippen molar-refractivity contribution in [3.63, 3.8) is 0 Å². The average Bonchev–Trinajstić information content (AvgIpc) is 2.80. The number of hydrogen-bond donors (Lipinski definition) is 0. The lowest BCUT2D eigenvalue weighted by Crippen LogP contribution is -2.20. The van der Waals surface area contributed by atoms with Crippen LogP contribution in [0.1, 0.15) is 37.8 Å². The fourth-order valence-electron chi connectivity index (χ4n) is 3.23. The first-order valence-corrected chi connectivity index (χ1v) is 5.31. The van der Waals surface area contributed by atoms with E-state index in [2.05, 4.69) is 17.1 Å². The normalized spacial score (nSPS) is 36.8. The van der Waals surface area contributed by atoms with E-state index in [1.54, 1.807) is 0 Å². The van der Waals surface area contributed by atoms with E-state index < -0.39 is 0 Å². The highest BCUT2D eigenvalue weighted by Gasteiger charge is 2.46. The standard InChI is InChI=1S/C12H15N/c1-2-8-13-11(3-1)12-6-4-10(9-12)5-7-12/h1-3,8,10H,4-7,9H2. The minimum Gasteiger partial charge on any atom is -0.261 e. The summed E-state index contributed by atoms with van der Waals surface area (Å²) in [6.45, 7) is 0. The monoisotopic (exact) mass is 173 g/mol. The van der Waals surface area contributed by atoms with Crippen molar-refractivity contribution in [2.75, 3.05) is 0 Å². The largest absolute Gasteiger partial charge is 0.261 e. The minimum absolute atomic E-state index is 0.492. The van der Waals surface area contributed by atoms with Crippen molar-refractivity contribution >= 4 is 0 Å². The predicted molar refractivity (Wildman–Crippen MR) is 52.5 cm³/mol. The molecule has 2 aliphatic rings. The molecule has 13 heavy (non-hydrogen) atoms. The van der Waals surface area contributed by atoms with Crippen molar-refractivity contribution < 1.29 is 0 Å². The maximum absolute atomic E-state index is 4.53. The van der Waals surface area contributed by atoms with Crippen LogP contribution in [0.4, 0.5) is 0 Å². The Morgan fingerprint density at radius 3 is 2.62 bits per heavy atom. The van der Waals surface area contributed by atoms with Crippen LogP contribution in [0.5, 0.6) is 0 Å². The van der Waals surface area contributed by atoms with Crippen molar-refractivity contribution in [2.24, 2.45) is 5.92 Å². The smallest absolute Gasteiger partial charge is 0.0465 e. The molecule has 2 saturated carbocycles. The van der Waals surface area contributed by atoms with Crippen LogP contribution in [0.15, 0.2) is 24.4 Å². The molecule has 1 heterocycles. The van der Waals surface area contributed by atoms with Crippen molar-refractivity contribution in [2.45, 2.75) is 37.5 Å². The van der Waals surface area contributed by atoms with Gasteiger partial charge in [0, 0.05) is 17.3 Å². The number of pyridine rings is 1. The SMILES string of the molecule is c1ccc(C23CCC(CC2)C3)nc1. The second kappa shape index (κ2) is 2.57. The van der Waals surface area contributed by atoms with Crippen LogP contribution in [0, 0.1) is 5.92 Å². The van der Waals surface area contributed by atoms with Gasteiger partial charge >= 0.3 is 0 Å². The van der Waals surface area contributed by atoms with E-state index in [0.717, 1.165) is 5.92 Å². The van der Waals surface area contributed by atoms with Crippen molar-refractivity contribution in [1.29, 1.82) is 0 Å². The van der Waals surface area contributed by atoms with Gasteiger partial charge in [0.05, 0.1) is 0 Å². The fraction of sp³-hybridized carbons (Fsp3) is 0.583. The zero-order valence-electron chi connectivity index (χ0n) is 7.87. The topological polar surface area (TPSA) is 12.9 Å². The van der Waals surface area contributed by atoms with Gasteiger partial charge in [-0.15, -0.1) is 0 Å². The van der Waals surface area contributed by atoms with Gasteiger partial charge < -0.3 is 0 Å². The molecule has 1 nitrogen and oxygen atoms in total. The van der Waals surface area contributed by atoms with Crippen molar-refractivity contribution in [3.05, 3.63) is 30.1 Å². The van der Waals surface area contributed by atoms with E-state index in [9.17, 15) is 0 Å². The Balaban J connectivity index is 2.00. The fourth-order valence-corrected chi connectivity index (χ4v) is 3.23. The van der Waals surface area contributed by atoms with E-state index in [-0.39, 0.29) is 0 Å². The van der Waals surface area contributed by atoms with E-state index in [0.29, 0.717) is 5.41 Å². The maximum atomic E-state index is 4.53. The molecule has 0 aromatic carbocycles. The van der Waals surface area contributed by atoms with Gasteiger partial charge in [-0.05, 0) is 50.2 Å². The molecule has 1 heteroatoms. The first kappa shape index (κ1) is 7.54. The Kier molecular flexibility index (Phi) is 1.49. The summed E-state index contributed by atoms with van der Waals surface area (Å²) in [4.78, 5) is 4.53. The molecule has 3 rings (SSSR count). The quantitative estimate of drug-likeness (QED) is 0.636. The van der Waals surface area contributed by atoms with Crippen LogP contribution in [-0.2, 0) is 5.41 Å². The van der Waals surface area contributed by atoms with Crippen LogP contribution in [0.2, 0.25) is 0 Å². The highest BCUT2D eigenvalue weighted by Crippen LogP contribution is 2.54. The molecule has 0 saturated heterocycles. The Labute approximate surface area is 79.2 Å². The lowest BCUT2D eigenvalue weighted by molar-refractivity contribution is 0.409. The van der Waals surface area contributed by atoms with E-state index in [4.69, 9.17) is 0 Å². The molecule has 2 aliphatic carbocycles. The molecule has 0 aliphatic heterocycles. The van der Waals surface area contributed by atoms with Gasteiger partial charge in [-0.3, -0.25) is 4.98 Å². The second-order valence-electron chi connectivity index (χ2n) is 4.64. The van der Waals surface area contributed by atoms with E-state index in [1.807, 2.05) is 12.3 Å². The van der Waals surface area contributed by atoms with Gasteiger partial charge in [-0.25, -0.2) is 0 Å². The van der Waals surface area contributed by atoms with Crippen LogP contribution in [-0.4, -0.2) is 4.98 Å². The maximum Gasteiger partial charge on any atom is 0.0465 e. The first-order chi connectivity index (χ1) is 6.39. The van der Waals surface area contributed by atoms with Crippen LogP contribution in [0.25, 0.3) is 0 Å².